The molecule has 0 unspecified atom stereocenters. The van der Waals surface area contributed by atoms with Gasteiger partial charge in [0.05, 0.1) is 10.0 Å². The fraction of sp³-hybridized carbons (Fsp3) is 0.235. The van der Waals surface area contributed by atoms with Crippen LogP contribution in [0.15, 0.2) is 34.8 Å². The lowest BCUT2D eigenvalue weighted by Gasteiger charge is -2.14. The van der Waals surface area contributed by atoms with E-state index in [1.54, 1.807) is 6.07 Å². The molecule has 0 spiro atoms. The number of hydrogen-bond acceptors (Lipinski definition) is 2. The second-order valence-corrected chi connectivity index (χ2v) is 5.80. The van der Waals surface area contributed by atoms with Crippen LogP contribution in [0.3, 0.4) is 0 Å². The predicted molar refractivity (Wildman–Crippen MR) is 84.5 cm³/mol. The Kier molecular flexibility index (Phi) is 4.61. The third-order valence-electron chi connectivity index (χ3n) is 3.33. The number of rotatable bonds is 4. The Balaban J connectivity index is 2.28. The molecule has 0 saturated heterocycles. The maximum absolute atomic E-state index is 11.1. The van der Waals surface area contributed by atoms with Crippen molar-refractivity contribution in [3.05, 3.63) is 62.6 Å². The molecule has 0 aromatic heterocycles. The lowest BCUT2D eigenvalue weighted by atomic mass is 10.0. The second-order valence-electron chi connectivity index (χ2n) is 4.94. The average Bonchev–Trinajstić information content (AvgIpc) is 2.38. The van der Waals surface area contributed by atoms with Crippen molar-refractivity contribution in [2.24, 2.45) is 0 Å². The van der Waals surface area contributed by atoms with E-state index in [-0.39, 0.29) is 0 Å². The zero-order valence-electron chi connectivity index (χ0n) is 11.9. The first-order valence-electron chi connectivity index (χ1n) is 6.46. The van der Waals surface area contributed by atoms with Gasteiger partial charge in [0.2, 0.25) is 0 Å². The van der Waals surface area contributed by atoms with Crippen LogP contribution < -0.4 is 4.74 Å². The van der Waals surface area contributed by atoms with Gasteiger partial charge in [0.1, 0.15) is 12.4 Å². The van der Waals surface area contributed by atoms with E-state index in [9.17, 15) is 4.79 Å². The fourth-order valence-electron chi connectivity index (χ4n) is 2.35. The number of benzene rings is 2. The summed E-state index contributed by atoms with van der Waals surface area (Å²) in [5.74, 6) is 0.599. The number of para-hydroxylation sites is 1. The van der Waals surface area contributed by atoms with Crippen LogP contribution in [0.4, 0.5) is 0 Å². The molecule has 2 nitrogen and oxygen atoms in total. The number of ether oxygens (including phenoxy) is 1. The number of aldehydes is 1. The highest BCUT2D eigenvalue weighted by Crippen LogP contribution is 2.29. The summed E-state index contributed by atoms with van der Waals surface area (Å²) in [7, 11) is 0. The van der Waals surface area contributed by atoms with Crippen molar-refractivity contribution in [1.29, 1.82) is 0 Å². The van der Waals surface area contributed by atoms with Gasteiger partial charge in [0, 0.05) is 0 Å². The molecule has 0 aliphatic heterocycles. The summed E-state index contributed by atoms with van der Waals surface area (Å²) in [5.41, 5.74) is 5.40. The number of aryl methyl sites for hydroxylation is 3. The number of hydrogen-bond donors (Lipinski definition) is 0. The Morgan fingerprint density at radius 1 is 1.15 bits per heavy atom. The predicted octanol–water partition coefficient (Wildman–Crippen LogP) is 4.77. The zero-order chi connectivity index (χ0) is 14.7. The maximum Gasteiger partial charge on any atom is 0.153 e. The van der Waals surface area contributed by atoms with Crippen LogP contribution in [-0.4, -0.2) is 6.29 Å². The minimum atomic E-state index is 0.460. The van der Waals surface area contributed by atoms with Gasteiger partial charge >= 0.3 is 0 Å². The highest BCUT2D eigenvalue weighted by molar-refractivity contribution is 9.10. The van der Waals surface area contributed by atoms with Crippen LogP contribution in [-0.2, 0) is 6.61 Å². The molecule has 0 aliphatic rings. The Labute approximate surface area is 127 Å². The SMILES string of the molecule is Cc1cc(C)c(COc2c(Br)cccc2C=O)c(C)c1. The van der Waals surface area contributed by atoms with Gasteiger partial charge in [-0.2, -0.15) is 0 Å². The summed E-state index contributed by atoms with van der Waals surface area (Å²) in [6, 6.07) is 9.74. The van der Waals surface area contributed by atoms with E-state index in [0.717, 1.165) is 10.8 Å². The highest BCUT2D eigenvalue weighted by atomic mass is 79.9. The van der Waals surface area contributed by atoms with Crippen molar-refractivity contribution >= 4 is 22.2 Å². The topological polar surface area (TPSA) is 26.3 Å². The number of carbonyl (C=O) groups is 1. The average molecular weight is 333 g/mol. The van der Waals surface area contributed by atoms with Crippen LogP contribution in [0.5, 0.6) is 5.75 Å². The lowest BCUT2D eigenvalue weighted by Crippen LogP contribution is -2.03. The van der Waals surface area contributed by atoms with Gasteiger partial charge in [-0.05, 0) is 65.5 Å². The normalized spacial score (nSPS) is 10.4. The first-order chi connectivity index (χ1) is 9.52. The molecule has 2 aromatic rings. The monoisotopic (exact) mass is 332 g/mol. The van der Waals surface area contributed by atoms with E-state index in [4.69, 9.17) is 4.74 Å². The van der Waals surface area contributed by atoms with Crippen molar-refractivity contribution in [3.8, 4) is 5.75 Å². The molecule has 0 heterocycles. The van der Waals surface area contributed by atoms with E-state index in [2.05, 4.69) is 48.8 Å². The molecule has 0 bridgehead atoms. The standard InChI is InChI=1S/C17H17BrO2/c1-11-7-12(2)15(13(3)8-11)10-20-17-14(9-19)5-4-6-16(17)18/h4-9H,10H2,1-3H3. The largest absolute Gasteiger partial charge is 0.487 e. The Hall–Kier alpha value is -1.61. The van der Waals surface area contributed by atoms with Gasteiger partial charge in [0.15, 0.2) is 6.29 Å². The molecule has 3 heteroatoms. The summed E-state index contributed by atoms with van der Waals surface area (Å²) in [6.45, 7) is 6.71. The Bertz CT molecular complexity index is 624. The van der Waals surface area contributed by atoms with E-state index in [1.807, 2.05) is 12.1 Å². The molecule has 2 rings (SSSR count). The van der Waals surface area contributed by atoms with Gasteiger partial charge < -0.3 is 4.74 Å². The minimum absolute atomic E-state index is 0.460. The van der Waals surface area contributed by atoms with Crippen molar-refractivity contribution in [2.75, 3.05) is 0 Å². The van der Waals surface area contributed by atoms with Crippen LogP contribution in [0, 0.1) is 20.8 Å². The Morgan fingerprint density at radius 2 is 1.80 bits per heavy atom. The molecular weight excluding hydrogens is 316 g/mol. The molecule has 0 radical (unpaired) electrons. The minimum Gasteiger partial charge on any atom is -0.487 e. The molecule has 0 N–H and O–H groups in total. The van der Waals surface area contributed by atoms with Crippen molar-refractivity contribution in [2.45, 2.75) is 27.4 Å². The van der Waals surface area contributed by atoms with Crippen molar-refractivity contribution < 1.29 is 9.53 Å². The lowest BCUT2D eigenvalue weighted by molar-refractivity contribution is 0.111. The molecule has 0 atom stereocenters. The van der Waals surface area contributed by atoms with Crippen LogP contribution in [0.25, 0.3) is 0 Å². The maximum atomic E-state index is 11.1. The van der Waals surface area contributed by atoms with Gasteiger partial charge in [0.25, 0.3) is 0 Å². The van der Waals surface area contributed by atoms with Crippen LogP contribution >= 0.6 is 15.9 Å². The molecule has 0 aliphatic carbocycles. The fourth-order valence-corrected chi connectivity index (χ4v) is 2.85. The first kappa shape index (κ1) is 14.8. The summed E-state index contributed by atoms with van der Waals surface area (Å²) in [6.07, 6.45) is 0.814. The van der Waals surface area contributed by atoms with Gasteiger partial charge in [-0.1, -0.05) is 23.8 Å². The van der Waals surface area contributed by atoms with Gasteiger partial charge in [-0.15, -0.1) is 0 Å². The van der Waals surface area contributed by atoms with E-state index in [1.165, 1.54) is 22.3 Å². The number of halogens is 1. The molecule has 0 amide bonds. The van der Waals surface area contributed by atoms with E-state index >= 15 is 0 Å². The van der Waals surface area contributed by atoms with Crippen LogP contribution in [0.2, 0.25) is 0 Å². The summed E-state index contributed by atoms with van der Waals surface area (Å²) in [5, 5.41) is 0. The molecule has 0 saturated carbocycles. The quantitative estimate of drug-likeness (QED) is 0.754. The van der Waals surface area contributed by atoms with Crippen LogP contribution in [0.1, 0.15) is 32.6 Å². The summed E-state index contributed by atoms with van der Waals surface area (Å²) in [4.78, 5) is 11.1. The van der Waals surface area contributed by atoms with Gasteiger partial charge in [-0.25, -0.2) is 0 Å². The van der Waals surface area contributed by atoms with E-state index in [0.29, 0.717) is 17.9 Å². The third-order valence-corrected chi connectivity index (χ3v) is 3.95. The summed E-state index contributed by atoms with van der Waals surface area (Å²) >= 11 is 3.43. The Morgan fingerprint density at radius 3 is 2.40 bits per heavy atom. The molecule has 2 aromatic carbocycles. The highest BCUT2D eigenvalue weighted by Gasteiger charge is 2.10. The second kappa shape index (κ2) is 6.23. The molecular formula is C17H17BrO2. The zero-order valence-corrected chi connectivity index (χ0v) is 13.5. The third kappa shape index (κ3) is 3.10. The van der Waals surface area contributed by atoms with E-state index < -0.39 is 0 Å². The number of carbonyl (C=O) groups excluding carboxylic acids is 1. The van der Waals surface area contributed by atoms with Gasteiger partial charge in [-0.3, -0.25) is 4.79 Å². The first-order valence-corrected chi connectivity index (χ1v) is 7.25. The molecule has 20 heavy (non-hydrogen) atoms. The smallest absolute Gasteiger partial charge is 0.153 e. The molecule has 104 valence electrons. The molecule has 0 fully saturated rings. The summed E-state index contributed by atoms with van der Waals surface area (Å²) < 4.78 is 6.66. The van der Waals surface area contributed by atoms with Crippen molar-refractivity contribution in [3.63, 3.8) is 0 Å². The van der Waals surface area contributed by atoms with Crippen molar-refractivity contribution in [1.82, 2.24) is 0 Å².